The van der Waals surface area contributed by atoms with Crippen LogP contribution in [0, 0.1) is 13.8 Å². The number of anilines is 1. The molecule has 2 heterocycles. The Morgan fingerprint density at radius 1 is 1.21 bits per heavy atom. The summed E-state index contributed by atoms with van der Waals surface area (Å²) in [5, 5.41) is 11.5. The zero-order valence-electron chi connectivity index (χ0n) is 10.4. The van der Waals surface area contributed by atoms with Crippen LogP contribution in [0.25, 0.3) is 0 Å². The van der Waals surface area contributed by atoms with Gasteiger partial charge in [-0.2, -0.15) is 0 Å². The number of carboxylic acids is 1. The molecular weight excluding hydrogens is 264 g/mol. The molecular formula is C13H12N2O3S. The van der Waals surface area contributed by atoms with Gasteiger partial charge in [0.05, 0.1) is 4.88 Å². The Bertz CT molecular complexity index is 629. The molecule has 0 saturated heterocycles. The monoisotopic (exact) mass is 276 g/mol. The van der Waals surface area contributed by atoms with Gasteiger partial charge in [0.25, 0.3) is 5.91 Å². The van der Waals surface area contributed by atoms with Crippen molar-refractivity contribution in [2.24, 2.45) is 0 Å². The number of thiophene rings is 1. The maximum atomic E-state index is 11.9. The largest absolute Gasteiger partial charge is 0.477 e. The van der Waals surface area contributed by atoms with E-state index < -0.39 is 5.97 Å². The molecule has 1 amide bonds. The van der Waals surface area contributed by atoms with Gasteiger partial charge in [0, 0.05) is 5.69 Å². The van der Waals surface area contributed by atoms with Crippen molar-refractivity contribution in [3.63, 3.8) is 0 Å². The first-order valence-corrected chi connectivity index (χ1v) is 6.37. The topological polar surface area (TPSA) is 79.3 Å². The van der Waals surface area contributed by atoms with Crippen molar-refractivity contribution in [3.8, 4) is 0 Å². The predicted octanol–water partition coefficient (Wildman–Crippen LogP) is 2.71. The minimum absolute atomic E-state index is 0.138. The lowest BCUT2D eigenvalue weighted by Crippen LogP contribution is -2.11. The summed E-state index contributed by atoms with van der Waals surface area (Å²) < 4.78 is 0. The summed E-state index contributed by atoms with van der Waals surface area (Å²) in [5.41, 5.74) is 1.81. The van der Waals surface area contributed by atoms with Gasteiger partial charge in [-0.05, 0) is 43.7 Å². The van der Waals surface area contributed by atoms with E-state index in [-0.39, 0.29) is 10.8 Å². The standard InChI is InChI=1S/C13H12N2O3S/c1-7-5-8(2)14-11(6-7)15-12(16)9-3-4-10(19-9)13(17)18/h3-6H,1-2H3,(H,17,18)(H,14,15,16). The smallest absolute Gasteiger partial charge is 0.345 e. The predicted molar refractivity (Wildman–Crippen MR) is 72.9 cm³/mol. The summed E-state index contributed by atoms with van der Waals surface area (Å²) in [7, 11) is 0. The first-order chi connectivity index (χ1) is 8.95. The van der Waals surface area contributed by atoms with Crippen LogP contribution >= 0.6 is 11.3 Å². The van der Waals surface area contributed by atoms with Crippen LogP contribution < -0.4 is 5.32 Å². The fourth-order valence-corrected chi connectivity index (χ4v) is 2.40. The summed E-state index contributed by atoms with van der Waals surface area (Å²) in [5.74, 6) is -0.920. The SMILES string of the molecule is Cc1cc(C)nc(NC(=O)c2ccc(C(=O)O)s2)c1. The van der Waals surface area contributed by atoms with Crippen molar-refractivity contribution in [2.75, 3.05) is 5.32 Å². The van der Waals surface area contributed by atoms with E-state index in [4.69, 9.17) is 5.11 Å². The van der Waals surface area contributed by atoms with E-state index in [9.17, 15) is 9.59 Å². The maximum Gasteiger partial charge on any atom is 0.345 e. The maximum absolute atomic E-state index is 11.9. The highest BCUT2D eigenvalue weighted by Crippen LogP contribution is 2.18. The minimum Gasteiger partial charge on any atom is -0.477 e. The fourth-order valence-electron chi connectivity index (χ4n) is 1.66. The van der Waals surface area contributed by atoms with Crippen molar-refractivity contribution in [1.82, 2.24) is 4.98 Å². The Hall–Kier alpha value is -2.21. The number of rotatable bonds is 3. The van der Waals surface area contributed by atoms with E-state index in [2.05, 4.69) is 10.3 Å². The molecule has 0 radical (unpaired) electrons. The highest BCUT2D eigenvalue weighted by atomic mass is 32.1. The number of pyridine rings is 1. The lowest BCUT2D eigenvalue weighted by molar-refractivity contribution is 0.0702. The van der Waals surface area contributed by atoms with Crippen LogP contribution in [0.15, 0.2) is 24.3 Å². The number of carboxylic acid groups (broad SMARTS) is 1. The Labute approximate surface area is 113 Å². The molecule has 0 spiro atoms. The van der Waals surface area contributed by atoms with E-state index in [0.29, 0.717) is 10.7 Å². The third-order valence-electron chi connectivity index (χ3n) is 2.38. The zero-order valence-corrected chi connectivity index (χ0v) is 11.2. The van der Waals surface area contributed by atoms with Crippen molar-refractivity contribution in [2.45, 2.75) is 13.8 Å². The molecule has 0 aliphatic rings. The number of amides is 1. The number of hydrogen-bond donors (Lipinski definition) is 2. The highest BCUT2D eigenvalue weighted by Gasteiger charge is 2.13. The molecule has 2 N–H and O–H groups in total. The molecule has 0 saturated carbocycles. The third-order valence-corrected chi connectivity index (χ3v) is 3.45. The summed E-state index contributed by atoms with van der Waals surface area (Å²) in [6.07, 6.45) is 0. The van der Waals surface area contributed by atoms with Crippen LogP contribution in [0.4, 0.5) is 5.82 Å². The zero-order chi connectivity index (χ0) is 14.0. The number of aromatic nitrogens is 1. The molecule has 0 aromatic carbocycles. The summed E-state index contributed by atoms with van der Waals surface area (Å²) in [6.45, 7) is 3.76. The van der Waals surface area contributed by atoms with E-state index in [1.165, 1.54) is 12.1 Å². The first-order valence-electron chi connectivity index (χ1n) is 5.55. The van der Waals surface area contributed by atoms with Gasteiger partial charge >= 0.3 is 5.97 Å². The Morgan fingerprint density at radius 2 is 1.89 bits per heavy atom. The van der Waals surface area contributed by atoms with Crippen molar-refractivity contribution < 1.29 is 14.7 Å². The molecule has 2 aromatic rings. The van der Waals surface area contributed by atoms with Gasteiger partial charge in [-0.25, -0.2) is 9.78 Å². The number of aromatic carboxylic acids is 1. The highest BCUT2D eigenvalue weighted by molar-refractivity contribution is 7.15. The number of carbonyl (C=O) groups is 2. The molecule has 5 nitrogen and oxygen atoms in total. The second-order valence-electron chi connectivity index (χ2n) is 4.09. The Balaban J connectivity index is 2.18. The van der Waals surface area contributed by atoms with Gasteiger partial charge in [-0.3, -0.25) is 4.79 Å². The fraction of sp³-hybridized carbons (Fsp3) is 0.154. The summed E-state index contributed by atoms with van der Waals surface area (Å²) >= 11 is 0.937. The molecule has 2 aromatic heterocycles. The van der Waals surface area contributed by atoms with E-state index in [0.717, 1.165) is 22.6 Å². The number of hydrogen-bond acceptors (Lipinski definition) is 4. The molecule has 0 atom stereocenters. The quantitative estimate of drug-likeness (QED) is 0.903. The molecule has 0 bridgehead atoms. The molecule has 19 heavy (non-hydrogen) atoms. The van der Waals surface area contributed by atoms with Gasteiger partial charge in [0.15, 0.2) is 0 Å². The van der Waals surface area contributed by atoms with Crippen molar-refractivity contribution in [1.29, 1.82) is 0 Å². The van der Waals surface area contributed by atoms with Crippen molar-refractivity contribution in [3.05, 3.63) is 45.3 Å². The van der Waals surface area contributed by atoms with E-state index >= 15 is 0 Å². The van der Waals surface area contributed by atoms with Crippen LogP contribution in [-0.2, 0) is 0 Å². The Morgan fingerprint density at radius 3 is 2.47 bits per heavy atom. The van der Waals surface area contributed by atoms with Crippen LogP contribution in [0.3, 0.4) is 0 Å². The molecule has 0 aliphatic heterocycles. The molecule has 2 rings (SSSR count). The van der Waals surface area contributed by atoms with Crippen LogP contribution in [0.2, 0.25) is 0 Å². The molecule has 0 unspecified atom stereocenters. The average molecular weight is 276 g/mol. The number of aryl methyl sites for hydroxylation is 2. The second-order valence-corrected chi connectivity index (χ2v) is 5.18. The normalized spacial score (nSPS) is 10.2. The first kappa shape index (κ1) is 13.2. The van der Waals surface area contributed by atoms with E-state index in [1.807, 2.05) is 19.9 Å². The minimum atomic E-state index is -1.03. The van der Waals surface area contributed by atoms with Gasteiger partial charge < -0.3 is 10.4 Å². The van der Waals surface area contributed by atoms with Gasteiger partial charge in [-0.1, -0.05) is 0 Å². The summed E-state index contributed by atoms with van der Waals surface area (Å²) in [4.78, 5) is 27.4. The number of nitrogens with zero attached hydrogens (tertiary/aromatic N) is 1. The third kappa shape index (κ3) is 3.17. The number of nitrogens with one attached hydrogen (secondary N) is 1. The second kappa shape index (κ2) is 5.19. The average Bonchev–Trinajstić information content (AvgIpc) is 2.76. The summed E-state index contributed by atoms with van der Waals surface area (Å²) in [6, 6.07) is 6.57. The van der Waals surface area contributed by atoms with Gasteiger partial charge in [-0.15, -0.1) is 11.3 Å². The lowest BCUT2D eigenvalue weighted by atomic mass is 10.2. The Kier molecular flexibility index (Phi) is 3.62. The molecule has 6 heteroatoms. The molecule has 98 valence electrons. The van der Waals surface area contributed by atoms with Crippen molar-refractivity contribution >= 4 is 29.0 Å². The van der Waals surface area contributed by atoms with E-state index in [1.54, 1.807) is 6.07 Å². The van der Waals surface area contributed by atoms with Gasteiger partial charge in [0.1, 0.15) is 10.7 Å². The number of carbonyl (C=O) groups excluding carboxylic acids is 1. The van der Waals surface area contributed by atoms with Gasteiger partial charge in [0.2, 0.25) is 0 Å². The van der Waals surface area contributed by atoms with Crippen LogP contribution in [0.5, 0.6) is 0 Å². The van der Waals surface area contributed by atoms with Crippen LogP contribution in [-0.4, -0.2) is 22.0 Å². The lowest BCUT2D eigenvalue weighted by Gasteiger charge is -2.05. The molecule has 0 aliphatic carbocycles. The molecule has 0 fully saturated rings. The van der Waals surface area contributed by atoms with Crippen LogP contribution in [0.1, 0.15) is 30.6 Å².